The van der Waals surface area contributed by atoms with E-state index in [9.17, 15) is 0 Å². The van der Waals surface area contributed by atoms with E-state index in [2.05, 4.69) is 14.8 Å². The van der Waals surface area contributed by atoms with E-state index in [1.165, 1.54) is 0 Å². The predicted octanol–water partition coefficient (Wildman–Crippen LogP) is 1.25. The van der Waals surface area contributed by atoms with Crippen LogP contribution in [-0.2, 0) is 17.9 Å². The van der Waals surface area contributed by atoms with Gasteiger partial charge in [0.2, 0.25) is 0 Å². The smallest absolute Gasteiger partial charge is 0.164 e. The third-order valence-corrected chi connectivity index (χ3v) is 3.32. The average molecular weight is 259 g/mol. The highest BCUT2D eigenvalue weighted by Gasteiger charge is 2.19. The zero-order valence-corrected chi connectivity index (χ0v) is 10.3. The highest BCUT2D eigenvalue weighted by molar-refractivity contribution is 5.61. The molecule has 0 aliphatic carbocycles. The molecule has 0 saturated carbocycles. The summed E-state index contributed by atoms with van der Waals surface area (Å²) in [5.41, 5.74) is 0.991. The Hall–Kier alpha value is -2.08. The summed E-state index contributed by atoms with van der Waals surface area (Å²) in [6.45, 7) is 3.19. The van der Waals surface area contributed by atoms with Gasteiger partial charge in [-0.2, -0.15) is 0 Å². The molecular formula is C13H13N3O3. The SMILES string of the molecule is c1cc2c(cc1-c1nnc3n1CCOC3)OCCO2. The van der Waals surface area contributed by atoms with Crippen LogP contribution in [0.2, 0.25) is 0 Å². The van der Waals surface area contributed by atoms with Crippen molar-refractivity contribution in [2.24, 2.45) is 0 Å². The molecule has 19 heavy (non-hydrogen) atoms. The van der Waals surface area contributed by atoms with Crippen LogP contribution in [0, 0.1) is 0 Å². The lowest BCUT2D eigenvalue weighted by Gasteiger charge is -2.19. The fourth-order valence-electron chi connectivity index (χ4n) is 2.39. The van der Waals surface area contributed by atoms with Crippen molar-refractivity contribution in [2.45, 2.75) is 13.2 Å². The first-order valence-corrected chi connectivity index (χ1v) is 6.32. The van der Waals surface area contributed by atoms with E-state index in [-0.39, 0.29) is 0 Å². The molecule has 2 aliphatic rings. The van der Waals surface area contributed by atoms with Gasteiger partial charge in [-0.05, 0) is 18.2 Å². The predicted molar refractivity (Wildman–Crippen MR) is 66.1 cm³/mol. The standard InChI is InChI=1S/C13H13N3O3/c1-2-10-11(19-6-5-18-10)7-9(1)13-15-14-12-8-17-4-3-16(12)13/h1-2,7H,3-6,8H2. The lowest BCUT2D eigenvalue weighted by atomic mass is 10.2. The Labute approximate surface area is 109 Å². The van der Waals surface area contributed by atoms with Crippen LogP contribution in [0.5, 0.6) is 11.5 Å². The molecule has 0 bridgehead atoms. The van der Waals surface area contributed by atoms with Gasteiger partial charge in [0.05, 0.1) is 6.61 Å². The van der Waals surface area contributed by atoms with Crippen LogP contribution >= 0.6 is 0 Å². The van der Waals surface area contributed by atoms with Crippen molar-refractivity contribution in [1.29, 1.82) is 0 Å². The number of benzene rings is 1. The molecule has 0 unspecified atom stereocenters. The van der Waals surface area contributed by atoms with Gasteiger partial charge in [0.1, 0.15) is 19.8 Å². The normalized spacial score (nSPS) is 17.1. The van der Waals surface area contributed by atoms with Crippen LogP contribution in [-0.4, -0.2) is 34.6 Å². The molecule has 4 rings (SSSR count). The Balaban J connectivity index is 1.78. The van der Waals surface area contributed by atoms with E-state index in [0.717, 1.165) is 35.3 Å². The topological polar surface area (TPSA) is 58.4 Å². The number of fused-ring (bicyclic) bond motifs is 2. The highest BCUT2D eigenvalue weighted by atomic mass is 16.6. The molecule has 1 aromatic carbocycles. The van der Waals surface area contributed by atoms with Crippen molar-refractivity contribution in [1.82, 2.24) is 14.8 Å². The largest absolute Gasteiger partial charge is 0.486 e. The van der Waals surface area contributed by atoms with E-state index in [1.807, 2.05) is 18.2 Å². The molecule has 98 valence electrons. The Kier molecular flexibility index (Phi) is 2.41. The van der Waals surface area contributed by atoms with Gasteiger partial charge in [-0.25, -0.2) is 0 Å². The van der Waals surface area contributed by atoms with Gasteiger partial charge in [0.15, 0.2) is 23.1 Å². The highest BCUT2D eigenvalue weighted by Crippen LogP contribution is 2.34. The van der Waals surface area contributed by atoms with Crippen molar-refractivity contribution < 1.29 is 14.2 Å². The summed E-state index contributed by atoms with van der Waals surface area (Å²) in [7, 11) is 0. The minimum absolute atomic E-state index is 0.525. The Bertz CT molecular complexity index is 624. The number of ether oxygens (including phenoxy) is 3. The molecule has 0 radical (unpaired) electrons. The Morgan fingerprint density at radius 1 is 1.00 bits per heavy atom. The first-order valence-electron chi connectivity index (χ1n) is 6.32. The number of hydrogen-bond donors (Lipinski definition) is 0. The minimum atomic E-state index is 0.525. The zero-order valence-electron chi connectivity index (χ0n) is 10.3. The molecular weight excluding hydrogens is 246 g/mol. The fourth-order valence-corrected chi connectivity index (χ4v) is 2.39. The van der Waals surface area contributed by atoms with Gasteiger partial charge in [-0.15, -0.1) is 10.2 Å². The van der Waals surface area contributed by atoms with Crippen LogP contribution in [0.15, 0.2) is 18.2 Å². The summed E-state index contributed by atoms with van der Waals surface area (Å²) in [6.07, 6.45) is 0. The molecule has 0 N–H and O–H groups in total. The van der Waals surface area contributed by atoms with E-state index < -0.39 is 0 Å². The van der Waals surface area contributed by atoms with Crippen LogP contribution in [0.25, 0.3) is 11.4 Å². The summed E-state index contributed by atoms with van der Waals surface area (Å²) in [6, 6.07) is 5.87. The van der Waals surface area contributed by atoms with Crippen molar-refractivity contribution in [3.8, 4) is 22.9 Å². The quantitative estimate of drug-likeness (QED) is 0.771. The van der Waals surface area contributed by atoms with E-state index in [0.29, 0.717) is 26.4 Å². The average Bonchev–Trinajstić information content (AvgIpc) is 2.91. The van der Waals surface area contributed by atoms with E-state index >= 15 is 0 Å². The summed E-state index contributed by atoms with van der Waals surface area (Å²) in [5.74, 6) is 3.29. The third kappa shape index (κ3) is 1.76. The summed E-state index contributed by atoms with van der Waals surface area (Å²) >= 11 is 0. The molecule has 0 spiro atoms. The minimum Gasteiger partial charge on any atom is -0.486 e. The van der Waals surface area contributed by atoms with Gasteiger partial charge in [0, 0.05) is 12.1 Å². The molecule has 0 amide bonds. The molecule has 0 fully saturated rings. The van der Waals surface area contributed by atoms with Gasteiger partial charge in [-0.1, -0.05) is 0 Å². The Morgan fingerprint density at radius 2 is 1.89 bits per heavy atom. The molecule has 6 nitrogen and oxygen atoms in total. The molecule has 0 atom stereocenters. The van der Waals surface area contributed by atoms with Crippen molar-refractivity contribution in [3.05, 3.63) is 24.0 Å². The summed E-state index contributed by atoms with van der Waals surface area (Å²) < 4.78 is 18.6. The maximum absolute atomic E-state index is 5.60. The second-order valence-corrected chi connectivity index (χ2v) is 4.50. The monoisotopic (exact) mass is 259 g/mol. The zero-order chi connectivity index (χ0) is 12.7. The maximum atomic E-state index is 5.60. The van der Waals surface area contributed by atoms with E-state index in [1.54, 1.807) is 0 Å². The molecule has 3 heterocycles. The van der Waals surface area contributed by atoms with Crippen molar-refractivity contribution in [3.63, 3.8) is 0 Å². The summed E-state index contributed by atoms with van der Waals surface area (Å²) in [5, 5.41) is 8.41. The third-order valence-electron chi connectivity index (χ3n) is 3.32. The van der Waals surface area contributed by atoms with Crippen molar-refractivity contribution >= 4 is 0 Å². The van der Waals surface area contributed by atoms with Crippen LogP contribution < -0.4 is 9.47 Å². The lowest BCUT2D eigenvalue weighted by molar-refractivity contribution is 0.0820. The van der Waals surface area contributed by atoms with Crippen molar-refractivity contribution in [2.75, 3.05) is 19.8 Å². The molecule has 1 aromatic heterocycles. The molecule has 2 aromatic rings. The van der Waals surface area contributed by atoms with Gasteiger partial charge < -0.3 is 18.8 Å². The van der Waals surface area contributed by atoms with Gasteiger partial charge in [-0.3, -0.25) is 0 Å². The van der Waals surface area contributed by atoms with Crippen LogP contribution in [0.3, 0.4) is 0 Å². The van der Waals surface area contributed by atoms with Gasteiger partial charge in [0.25, 0.3) is 0 Å². The lowest BCUT2D eigenvalue weighted by Crippen LogP contribution is -2.18. The van der Waals surface area contributed by atoms with Gasteiger partial charge >= 0.3 is 0 Å². The molecule has 6 heteroatoms. The number of aromatic nitrogens is 3. The molecule has 2 aliphatic heterocycles. The number of nitrogens with zero attached hydrogens (tertiary/aromatic N) is 3. The second-order valence-electron chi connectivity index (χ2n) is 4.50. The first-order chi connectivity index (χ1) is 9.42. The van der Waals surface area contributed by atoms with Crippen LogP contribution in [0.4, 0.5) is 0 Å². The Morgan fingerprint density at radius 3 is 2.84 bits per heavy atom. The summed E-state index contributed by atoms with van der Waals surface area (Å²) in [4.78, 5) is 0. The van der Waals surface area contributed by atoms with E-state index in [4.69, 9.17) is 14.2 Å². The maximum Gasteiger partial charge on any atom is 0.164 e. The first kappa shape index (κ1) is 10.8. The second kappa shape index (κ2) is 4.24. The number of hydrogen-bond acceptors (Lipinski definition) is 5. The fraction of sp³-hybridized carbons (Fsp3) is 0.385. The van der Waals surface area contributed by atoms with Crippen LogP contribution in [0.1, 0.15) is 5.82 Å². The molecule has 0 saturated heterocycles. The number of rotatable bonds is 1.